The molecule has 2 heterocycles. The first-order chi connectivity index (χ1) is 8.60. The van der Waals surface area contributed by atoms with Gasteiger partial charge >= 0.3 is 0 Å². The van der Waals surface area contributed by atoms with Gasteiger partial charge in [0.25, 0.3) is 0 Å². The third-order valence-electron chi connectivity index (χ3n) is 3.89. The molecule has 2 aliphatic rings. The van der Waals surface area contributed by atoms with Crippen LogP contribution >= 0.6 is 0 Å². The standard InChI is InChI=1S/C13H23N3O2/c1-3-11-13(18)16(9-12(17)14-11)8-10-5-4-6-15(2)7-10/h10-11H,3-9H2,1-2H3,(H,14,17). The van der Waals surface area contributed by atoms with Crippen LogP contribution in [0.5, 0.6) is 0 Å². The predicted molar refractivity (Wildman–Crippen MR) is 69.0 cm³/mol. The Morgan fingerprint density at radius 2 is 2.17 bits per heavy atom. The Hall–Kier alpha value is -1.10. The fourth-order valence-corrected chi connectivity index (χ4v) is 2.94. The van der Waals surface area contributed by atoms with Gasteiger partial charge in [0, 0.05) is 13.1 Å². The summed E-state index contributed by atoms with van der Waals surface area (Å²) in [7, 11) is 2.12. The zero-order chi connectivity index (χ0) is 13.1. The molecule has 0 saturated carbocycles. The number of carbonyl (C=O) groups excluding carboxylic acids is 2. The van der Waals surface area contributed by atoms with Crippen LogP contribution in [-0.4, -0.2) is 60.9 Å². The molecule has 2 fully saturated rings. The van der Waals surface area contributed by atoms with Crippen molar-refractivity contribution >= 4 is 11.8 Å². The number of likely N-dealkylation sites (tertiary alicyclic amines) is 1. The monoisotopic (exact) mass is 253 g/mol. The van der Waals surface area contributed by atoms with Crippen molar-refractivity contribution < 1.29 is 9.59 Å². The van der Waals surface area contributed by atoms with Crippen LogP contribution in [0.25, 0.3) is 0 Å². The van der Waals surface area contributed by atoms with E-state index < -0.39 is 0 Å². The molecular weight excluding hydrogens is 230 g/mol. The zero-order valence-corrected chi connectivity index (χ0v) is 11.3. The quantitative estimate of drug-likeness (QED) is 0.774. The van der Waals surface area contributed by atoms with Crippen molar-refractivity contribution in [3.8, 4) is 0 Å². The summed E-state index contributed by atoms with van der Waals surface area (Å²) in [5.74, 6) is 0.576. The van der Waals surface area contributed by atoms with Gasteiger partial charge in [0.2, 0.25) is 11.8 Å². The Morgan fingerprint density at radius 3 is 2.83 bits per heavy atom. The number of nitrogens with zero attached hydrogens (tertiary/aromatic N) is 2. The largest absolute Gasteiger partial charge is 0.343 e. The van der Waals surface area contributed by atoms with E-state index >= 15 is 0 Å². The van der Waals surface area contributed by atoms with Gasteiger partial charge in [-0.15, -0.1) is 0 Å². The van der Waals surface area contributed by atoms with Gasteiger partial charge in [-0.1, -0.05) is 6.92 Å². The molecule has 0 aromatic carbocycles. The van der Waals surface area contributed by atoms with Crippen LogP contribution in [0.2, 0.25) is 0 Å². The second kappa shape index (κ2) is 5.69. The van der Waals surface area contributed by atoms with Crippen LogP contribution in [0.15, 0.2) is 0 Å². The highest BCUT2D eigenvalue weighted by atomic mass is 16.2. The molecule has 0 aromatic heterocycles. The molecule has 0 spiro atoms. The number of piperazine rings is 1. The van der Waals surface area contributed by atoms with Gasteiger partial charge in [-0.2, -0.15) is 0 Å². The summed E-state index contributed by atoms with van der Waals surface area (Å²) < 4.78 is 0. The first-order valence-corrected chi connectivity index (χ1v) is 6.86. The molecule has 0 radical (unpaired) electrons. The number of carbonyl (C=O) groups is 2. The molecule has 2 aliphatic heterocycles. The van der Waals surface area contributed by atoms with Gasteiger partial charge < -0.3 is 15.1 Å². The van der Waals surface area contributed by atoms with Crippen molar-refractivity contribution in [1.29, 1.82) is 0 Å². The topological polar surface area (TPSA) is 52.7 Å². The molecule has 2 rings (SSSR count). The van der Waals surface area contributed by atoms with E-state index in [4.69, 9.17) is 0 Å². The van der Waals surface area contributed by atoms with Gasteiger partial charge in [-0.05, 0) is 38.8 Å². The summed E-state index contributed by atoms with van der Waals surface area (Å²) in [6, 6.07) is -0.312. The fraction of sp³-hybridized carbons (Fsp3) is 0.846. The van der Waals surface area contributed by atoms with E-state index in [1.165, 1.54) is 6.42 Å². The van der Waals surface area contributed by atoms with Crippen LogP contribution in [0.3, 0.4) is 0 Å². The highest BCUT2D eigenvalue weighted by Crippen LogP contribution is 2.18. The molecule has 18 heavy (non-hydrogen) atoms. The number of hydrogen-bond donors (Lipinski definition) is 1. The maximum atomic E-state index is 12.2. The summed E-state index contributed by atoms with van der Waals surface area (Å²) in [6.45, 7) is 5.06. The average Bonchev–Trinajstić information content (AvgIpc) is 2.33. The molecule has 2 unspecified atom stereocenters. The van der Waals surface area contributed by atoms with Gasteiger partial charge in [-0.3, -0.25) is 9.59 Å². The Kier molecular flexibility index (Phi) is 4.22. The van der Waals surface area contributed by atoms with Crippen molar-refractivity contribution in [2.24, 2.45) is 5.92 Å². The van der Waals surface area contributed by atoms with Gasteiger partial charge in [-0.25, -0.2) is 0 Å². The van der Waals surface area contributed by atoms with Crippen LogP contribution in [0.1, 0.15) is 26.2 Å². The molecule has 2 atom stereocenters. The second-order valence-electron chi connectivity index (χ2n) is 5.52. The lowest BCUT2D eigenvalue weighted by Gasteiger charge is -2.37. The van der Waals surface area contributed by atoms with E-state index in [0.717, 1.165) is 26.1 Å². The number of rotatable bonds is 3. The third kappa shape index (κ3) is 3.02. The van der Waals surface area contributed by atoms with E-state index in [9.17, 15) is 9.59 Å². The summed E-state index contributed by atoms with van der Waals surface area (Å²) >= 11 is 0. The number of hydrogen-bond acceptors (Lipinski definition) is 3. The van der Waals surface area contributed by atoms with Gasteiger partial charge in [0.05, 0.1) is 6.54 Å². The smallest absolute Gasteiger partial charge is 0.245 e. The van der Waals surface area contributed by atoms with Crippen molar-refractivity contribution in [2.45, 2.75) is 32.2 Å². The lowest BCUT2D eigenvalue weighted by Crippen LogP contribution is -2.59. The lowest BCUT2D eigenvalue weighted by atomic mass is 9.97. The highest BCUT2D eigenvalue weighted by molar-refractivity contribution is 5.94. The summed E-state index contributed by atoms with van der Waals surface area (Å²) in [5, 5.41) is 2.75. The number of amides is 2. The number of nitrogens with one attached hydrogen (secondary N) is 1. The highest BCUT2D eigenvalue weighted by Gasteiger charge is 2.33. The first kappa shape index (κ1) is 13.3. The molecule has 5 nitrogen and oxygen atoms in total. The molecular formula is C13H23N3O2. The molecule has 102 valence electrons. The molecule has 0 bridgehead atoms. The minimum Gasteiger partial charge on any atom is -0.343 e. The van der Waals surface area contributed by atoms with E-state index in [1.54, 1.807) is 4.90 Å². The summed E-state index contributed by atoms with van der Waals surface area (Å²) in [5.41, 5.74) is 0. The average molecular weight is 253 g/mol. The Bertz CT molecular complexity index is 332. The van der Waals surface area contributed by atoms with Crippen LogP contribution < -0.4 is 5.32 Å². The van der Waals surface area contributed by atoms with E-state index in [1.807, 2.05) is 6.92 Å². The molecule has 1 N–H and O–H groups in total. The summed E-state index contributed by atoms with van der Waals surface area (Å²) in [4.78, 5) is 27.8. The normalized spacial score (nSPS) is 30.4. The van der Waals surface area contributed by atoms with Crippen LogP contribution in [0, 0.1) is 5.92 Å². The predicted octanol–water partition coefficient (Wildman–Crippen LogP) is 0.0652. The minimum absolute atomic E-state index is 0.0226. The SMILES string of the molecule is CCC1NC(=O)CN(CC2CCCN(C)C2)C1=O. The third-order valence-corrected chi connectivity index (χ3v) is 3.89. The lowest BCUT2D eigenvalue weighted by molar-refractivity contribution is -0.145. The Balaban J connectivity index is 1.94. The Morgan fingerprint density at radius 1 is 1.39 bits per heavy atom. The Labute approximate surface area is 108 Å². The van der Waals surface area contributed by atoms with Crippen LogP contribution in [0.4, 0.5) is 0 Å². The molecule has 0 aromatic rings. The van der Waals surface area contributed by atoms with Gasteiger partial charge in [0.1, 0.15) is 6.04 Å². The molecule has 2 amide bonds. The second-order valence-corrected chi connectivity index (χ2v) is 5.52. The molecule has 5 heteroatoms. The summed E-state index contributed by atoms with van der Waals surface area (Å²) in [6.07, 6.45) is 3.02. The van der Waals surface area contributed by atoms with Crippen molar-refractivity contribution in [2.75, 3.05) is 33.2 Å². The molecule has 2 saturated heterocycles. The van der Waals surface area contributed by atoms with Crippen molar-refractivity contribution in [3.05, 3.63) is 0 Å². The zero-order valence-electron chi connectivity index (χ0n) is 11.3. The van der Waals surface area contributed by atoms with Crippen molar-refractivity contribution in [3.63, 3.8) is 0 Å². The maximum Gasteiger partial charge on any atom is 0.245 e. The van der Waals surface area contributed by atoms with E-state index in [0.29, 0.717) is 12.3 Å². The first-order valence-electron chi connectivity index (χ1n) is 6.86. The molecule has 0 aliphatic carbocycles. The van der Waals surface area contributed by atoms with Gasteiger partial charge in [0.15, 0.2) is 0 Å². The number of piperidine rings is 1. The van der Waals surface area contributed by atoms with Crippen LogP contribution in [-0.2, 0) is 9.59 Å². The van der Waals surface area contributed by atoms with Crippen molar-refractivity contribution in [1.82, 2.24) is 15.1 Å². The van der Waals surface area contributed by atoms with E-state index in [-0.39, 0.29) is 24.4 Å². The maximum absolute atomic E-state index is 12.2. The van der Waals surface area contributed by atoms with E-state index in [2.05, 4.69) is 17.3 Å². The minimum atomic E-state index is -0.312. The fourth-order valence-electron chi connectivity index (χ4n) is 2.94.